The number of pyridine rings is 1. The molecule has 0 fully saturated rings. The molecule has 2 aromatic rings. The van der Waals surface area contributed by atoms with Crippen molar-refractivity contribution < 1.29 is 0 Å². The molecule has 3 nitrogen and oxygen atoms in total. The average molecular weight is 368 g/mol. The second-order valence-electron chi connectivity index (χ2n) is 4.68. The molecule has 2 heterocycles. The fourth-order valence-electron chi connectivity index (χ4n) is 2.35. The minimum absolute atomic E-state index is 0.144. The maximum Gasteiger partial charge on any atom is 0.206 e. The lowest BCUT2D eigenvalue weighted by molar-refractivity contribution is 1.38. The van der Waals surface area contributed by atoms with Crippen molar-refractivity contribution >= 4 is 67.3 Å². The van der Waals surface area contributed by atoms with Gasteiger partial charge in [0, 0.05) is 15.8 Å². The standard InChI is InChI=1S/C15H5Cl3N2OS/c16-6-1-2-7-8(5-6)12-14(11(18)13(7)21)22-15-9(19-12)3-4-10(17)20-15/h1-5H. The number of hydrogen-bond acceptors (Lipinski definition) is 4. The van der Waals surface area contributed by atoms with Crippen molar-refractivity contribution in [2.24, 2.45) is 0 Å². The van der Waals surface area contributed by atoms with Crippen LogP contribution in [0.25, 0.3) is 31.7 Å². The van der Waals surface area contributed by atoms with Gasteiger partial charge in [0.05, 0.1) is 16.1 Å². The van der Waals surface area contributed by atoms with Crippen molar-refractivity contribution in [3.63, 3.8) is 0 Å². The third kappa shape index (κ3) is 2.07. The molecular weight excluding hydrogens is 363 g/mol. The first-order chi connectivity index (χ1) is 10.5. The summed E-state index contributed by atoms with van der Waals surface area (Å²) in [6.07, 6.45) is 0. The maximum absolute atomic E-state index is 12.4. The van der Waals surface area contributed by atoms with Crippen molar-refractivity contribution in [1.29, 1.82) is 0 Å². The van der Waals surface area contributed by atoms with E-state index >= 15 is 0 Å². The Morgan fingerprint density at radius 2 is 1.77 bits per heavy atom. The summed E-state index contributed by atoms with van der Waals surface area (Å²) in [6.45, 7) is 0. The Morgan fingerprint density at radius 1 is 0.955 bits per heavy atom. The highest BCUT2D eigenvalue weighted by Gasteiger charge is 2.20. The van der Waals surface area contributed by atoms with Crippen LogP contribution >= 0.6 is 46.1 Å². The number of halogens is 3. The highest BCUT2D eigenvalue weighted by atomic mass is 35.5. The average Bonchev–Trinajstić information content (AvgIpc) is 2.51. The normalized spacial score (nSPS) is 11.6. The third-order valence-corrected chi connectivity index (χ3v) is 5.35. The molecule has 1 aliphatic heterocycles. The molecule has 22 heavy (non-hydrogen) atoms. The van der Waals surface area contributed by atoms with E-state index in [2.05, 4.69) is 9.97 Å². The van der Waals surface area contributed by atoms with Crippen LogP contribution < -0.4 is 5.43 Å². The number of benzene rings is 2. The van der Waals surface area contributed by atoms with Crippen molar-refractivity contribution in [2.45, 2.75) is 0 Å². The van der Waals surface area contributed by atoms with E-state index in [0.717, 1.165) is 0 Å². The smallest absolute Gasteiger partial charge is 0.206 e. The first kappa shape index (κ1) is 14.2. The monoisotopic (exact) mass is 366 g/mol. The van der Waals surface area contributed by atoms with Gasteiger partial charge in [-0.1, -0.05) is 34.8 Å². The maximum atomic E-state index is 12.4. The lowest BCUT2D eigenvalue weighted by Crippen LogP contribution is -2.06. The van der Waals surface area contributed by atoms with Gasteiger partial charge in [-0.3, -0.25) is 4.79 Å². The number of fused-ring (bicyclic) bond motifs is 4. The van der Waals surface area contributed by atoms with E-state index in [1.54, 1.807) is 30.3 Å². The number of aromatic nitrogens is 2. The zero-order valence-corrected chi connectivity index (χ0v) is 13.8. The Balaban J connectivity index is 2.29. The Hall–Kier alpha value is -1.46. The van der Waals surface area contributed by atoms with Gasteiger partial charge in [0.25, 0.3) is 0 Å². The van der Waals surface area contributed by atoms with E-state index in [1.165, 1.54) is 11.3 Å². The zero-order chi connectivity index (χ0) is 15.4. The van der Waals surface area contributed by atoms with Crippen LogP contribution in [0.5, 0.6) is 0 Å². The molecular formula is C15H5Cl3N2OS. The molecule has 2 aliphatic rings. The van der Waals surface area contributed by atoms with Crippen LogP contribution in [0.1, 0.15) is 0 Å². The molecule has 0 amide bonds. The topological polar surface area (TPSA) is 42.9 Å². The van der Waals surface area contributed by atoms with Gasteiger partial charge >= 0.3 is 0 Å². The van der Waals surface area contributed by atoms with E-state index in [4.69, 9.17) is 34.8 Å². The number of hydrogen-bond donors (Lipinski definition) is 0. The minimum Gasteiger partial charge on any atom is -0.288 e. The van der Waals surface area contributed by atoms with Gasteiger partial charge in [-0.25, -0.2) is 9.97 Å². The van der Waals surface area contributed by atoms with Gasteiger partial charge in [0.1, 0.15) is 15.0 Å². The van der Waals surface area contributed by atoms with Gasteiger partial charge in [-0.2, -0.15) is 0 Å². The highest BCUT2D eigenvalue weighted by Crippen LogP contribution is 2.39. The molecule has 0 bridgehead atoms. The SMILES string of the molecule is O=c1c(Cl)c2sc3nc(Cl)ccc3nc-2c2cc(Cl)ccc12. The molecule has 0 atom stereocenters. The van der Waals surface area contributed by atoms with E-state index in [1.807, 2.05) is 0 Å². The summed E-state index contributed by atoms with van der Waals surface area (Å²) in [5.74, 6) is 0. The first-order valence-electron chi connectivity index (χ1n) is 6.22. The highest BCUT2D eigenvalue weighted by molar-refractivity contribution is 7.21. The molecule has 0 saturated heterocycles. The molecule has 1 aliphatic carbocycles. The molecule has 108 valence electrons. The van der Waals surface area contributed by atoms with Crippen molar-refractivity contribution in [3.8, 4) is 10.6 Å². The summed E-state index contributed by atoms with van der Waals surface area (Å²) < 4.78 is 0. The number of rotatable bonds is 0. The molecule has 4 rings (SSSR count). The Morgan fingerprint density at radius 3 is 2.59 bits per heavy atom. The third-order valence-electron chi connectivity index (χ3n) is 3.33. The van der Waals surface area contributed by atoms with E-state index in [0.29, 0.717) is 41.9 Å². The second-order valence-corrected chi connectivity index (χ2v) is 6.88. The molecule has 7 heteroatoms. The molecule has 0 unspecified atom stereocenters. The van der Waals surface area contributed by atoms with Crippen LogP contribution in [0.3, 0.4) is 0 Å². The predicted molar refractivity (Wildman–Crippen MR) is 92.8 cm³/mol. The first-order valence-corrected chi connectivity index (χ1v) is 8.17. The molecule has 0 spiro atoms. The van der Waals surface area contributed by atoms with Crippen LogP contribution in [0.15, 0.2) is 35.1 Å². The van der Waals surface area contributed by atoms with E-state index in [9.17, 15) is 4.79 Å². The summed E-state index contributed by atoms with van der Waals surface area (Å²) in [6, 6.07) is 8.53. The Bertz CT molecular complexity index is 1090. The van der Waals surface area contributed by atoms with E-state index in [-0.39, 0.29) is 10.5 Å². The lowest BCUT2D eigenvalue weighted by Gasteiger charge is -2.11. The zero-order valence-electron chi connectivity index (χ0n) is 10.7. The van der Waals surface area contributed by atoms with Crippen molar-refractivity contribution in [2.75, 3.05) is 0 Å². The Labute approximate surface area is 143 Å². The molecule has 1 aromatic carbocycles. The van der Waals surface area contributed by atoms with Gasteiger partial charge < -0.3 is 0 Å². The molecule has 0 N–H and O–H groups in total. The summed E-state index contributed by atoms with van der Waals surface area (Å²) in [7, 11) is 0. The Kier molecular flexibility index (Phi) is 3.24. The fourth-order valence-corrected chi connectivity index (χ4v) is 4.02. The summed E-state index contributed by atoms with van der Waals surface area (Å²) in [5, 5.41) is 2.24. The quantitative estimate of drug-likeness (QED) is 0.241. The van der Waals surface area contributed by atoms with Crippen LogP contribution in [0.2, 0.25) is 15.2 Å². The van der Waals surface area contributed by atoms with E-state index < -0.39 is 0 Å². The van der Waals surface area contributed by atoms with Crippen molar-refractivity contribution in [3.05, 3.63) is 55.8 Å². The van der Waals surface area contributed by atoms with Crippen molar-refractivity contribution in [1.82, 2.24) is 9.97 Å². The second kappa shape index (κ2) is 5.03. The predicted octanol–water partition coefficient (Wildman–Crippen LogP) is 5.27. The van der Waals surface area contributed by atoms with Gasteiger partial charge in [-0.15, -0.1) is 11.3 Å². The van der Waals surface area contributed by atoms with Crippen LogP contribution in [0.4, 0.5) is 0 Å². The van der Waals surface area contributed by atoms with Crippen LogP contribution in [-0.4, -0.2) is 9.97 Å². The van der Waals surface area contributed by atoms with Crippen LogP contribution in [-0.2, 0) is 0 Å². The van der Waals surface area contributed by atoms with Gasteiger partial charge in [-0.05, 0) is 30.3 Å². The van der Waals surface area contributed by atoms with Crippen LogP contribution in [0, 0.1) is 0 Å². The summed E-state index contributed by atoms with van der Waals surface area (Å²) >= 11 is 19.5. The molecule has 0 radical (unpaired) electrons. The lowest BCUT2D eigenvalue weighted by atomic mass is 10.1. The molecule has 1 aromatic heterocycles. The minimum atomic E-state index is -0.236. The fraction of sp³-hybridized carbons (Fsp3) is 0. The summed E-state index contributed by atoms with van der Waals surface area (Å²) in [5.41, 5.74) is 1.10. The number of nitrogens with zero attached hydrogens (tertiary/aromatic N) is 2. The molecule has 0 saturated carbocycles. The largest absolute Gasteiger partial charge is 0.288 e. The summed E-state index contributed by atoms with van der Waals surface area (Å²) in [4.78, 5) is 22.5. The van der Waals surface area contributed by atoms with Gasteiger partial charge in [0.2, 0.25) is 5.43 Å². The van der Waals surface area contributed by atoms with Gasteiger partial charge in [0.15, 0.2) is 0 Å².